The molecule has 0 bridgehead atoms. The monoisotopic (exact) mass is 766 g/mol. The van der Waals surface area contributed by atoms with Gasteiger partial charge in [0.1, 0.15) is 0 Å². The maximum Gasteiger partial charge on any atom is -1.00 e. The van der Waals surface area contributed by atoms with Gasteiger partial charge < -0.3 is 24.8 Å². The van der Waals surface area contributed by atoms with E-state index >= 15 is 0 Å². The van der Waals surface area contributed by atoms with Crippen LogP contribution in [0.2, 0.25) is 8.26 Å². The molecule has 0 radical (unpaired) electrons. The predicted octanol–water partition coefficient (Wildman–Crippen LogP) is 7.84. The van der Waals surface area contributed by atoms with Crippen molar-refractivity contribution in [2.75, 3.05) is 0 Å². The van der Waals surface area contributed by atoms with Crippen molar-refractivity contribution in [3.8, 4) is 22.3 Å². The molecule has 1 saturated heterocycles. The largest absolute Gasteiger partial charge is 1.00 e. The maximum atomic E-state index is 2.73. The summed E-state index contributed by atoms with van der Waals surface area (Å²) in [6.45, 7) is 18.8. The Bertz CT molecular complexity index is 1800. The average molecular weight is 769 g/mol. The summed E-state index contributed by atoms with van der Waals surface area (Å²) in [5.41, 5.74) is 24.6. The number of hydrogen-bond acceptors (Lipinski definition) is 0. The molecule has 0 aromatic heterocycles. The van der Waals surface area contributed by atoms with Crippen LogP contribution in [0.25, 0.3) is 34.4 Å². The summed E-state index contributed by atoms with van der Waals surface area (Å²) in [7, 11) is 0. The summed E-state index contributed by atoms with van der Waals surface area (Å²) in [6, 6.07) is 23.6. The summed E-state index contributed by atoms with van der Waals surface area (Å²) in [5, 5.41) is 0. The molecule has 3 heteroatoms. The Kier molecular flexibility index (Phi) is 11.8. The Morgan fingerprint density at radius 1 is 0.551 bits per heavy atom. The topological polar surface area (TPSA) is 0 Å². The third kappa shape index (κ3) is 6.67. The second kappa shape index (κ2) is 15.2. The zero-order valence-corrected chi connectivity index (χ0v) is 35.0. The Morgan fingerprint density at radius 3 is 1.31 bits per heavy atom. The molecular weight excluding hydrogens is 715 g/mol. The molecule has 1 heterocycles. The standard InChI is InChI=1S/2C22H25.C2H4.2ClH.Zr/c2*1-5-6-9-18-13-20-16(3)12-17(4)22(21(20)14-18)19-10-7-8-15(2)11-19;1-2;;;/h2*7-8,10-14H,5-6,9H2,1-4H3;1-2H2;2*1H;/q;;;;;+2/p-2. The maximum absolute atomic E-state index is 2.87. The summed E-state index contributed by atoms with van der Waals surface area (Å²) in [5.74, 6) is 0. The quantitative estimate of drug-likeness (QED) is 0.154. The van der Waals surface area contributed by atoms with E-state index in [0.29, 0.717) is 7.25 Å². The third-order valence-corrected chi connectivity index (χ3v) is 24.8. The van der Waals surface area contributed by atoms with E-state index in [-0.39, 0.29) is 24.8 Å². The zero-order chi connectivity index (χ0) is 33.0. The molecule has 7 rings (SSSR count). The van der Waals surface area contributed by atoms with E-state index in [9.17, 15) is 0 Å². The van der Waals surface area contributed by atoms with Crippen LogP contribution < -0.4 is 24.8 Å². The fraction of sp³-hybridized carbons (Fsp3) is 0.391. The number of hydrogen-bond donors (Lipinski definition) is 0. The van der Waals surface area contributed by atoms with Crippen LogP contribution in [-0.4, -0.2) is 0 Å². The molecule has 0 nitrogen and oxygen atoms in total. The molecule has 1 aliphatic heterocycles. The minimum Gasteiger partial charge on any atom is -1.00 e. The van der Waals surface area contributed by atoms with Crippen LogP contribution in [0.3, 0.4) is 0 Å². The zero-order valence-electron chi connectivity index (χ0n) is 31.0. The molecule has 0 N–H and O–H groups in total. The Labute approximate surface area is 314 Å². The first-order chi connectivity index (χ1) is 22.7. The molecule has 3 aliphatic rings. The molecule has 4 aromatic carbocycles. The second-order valence-corrected chi connectivity index (χ2v) is 26.8. The van der Waals surface area contributed by atoms with E-state index < -0.39 is 20.3 Å². The van der Waals surface area contributed by atoms with Gasteiger partial charge in [-0.3, -0.25) is 0 Å². The average Bonchev–Trinajstić information content (AvgIpc) is 3.57. The van der Waals surface area contributed by atoms with E-state index in [1.54, 1.807) is 44.5 Å². The number of aryl methyl sites for hydroxylation is 6. The fourth-order valence-corrected chi connectivity index (χ4v) is 27.8. The van der Waals surface area contributed by atoms with E-state index in [1.807, 2.05) is 0 Å². The minimum atomic E-state index is -2.87. The number of unbranched alkanes of at least 4 members (excludes halogenated alkanes) is 2. The normalized spacial score (nSPS) is 17.6. The number of halogens is 2. The molecule has 0 spiro atoms. The minimum absolute atomic E-state index is 0. The van der Waals surface area contributed by atoms with Gasteiger partial charge in [0.2, 0.25) is 0 Å². The van der Waals surface area contributed by atoms with Crippen molar-refractivity contribution in [3.63, 3.8) is 0 Å². The van der Waals surface area contributed by atoms with Crippen LogP contribution in [-0.2, 0) is 20.3 Å². The van der Waals surface area contributed by atoms with Gasteiger partial charge in [0.05, 0.1) is 0 Å². The van der Waals surface area contributed by atoms with Crippen molar-refractivity contribution in [3.05, 3.63) is 127 Å². The number of rotatable bonds is 10. The van der Waals surface area contributed by atoms with Gasteiger partial charge in [-0.05, 0) is 0 Å². The molecule has 4 aromatic rings. The van der Waals surface area contributed by atoms with Crippen molar-refractivity contribution in [2.24, 2.45) is 0 Å². The van der Waals surface area contributed by atoms with Gasteiger partial charge in [-0.2, -0.15) is 0 Å². The fourth-order valence-electron chi connectivity index (χ4n) is 9.81. The molecule has 256 valence electrons. The molecule has 1 fully saturated rings. The van der Waals surface area contributed by atoms with E-state index in [1.165, 1.54) is 91.3 Å². The van der Waals surface area contributed by atoms with Gasteiger partial charge in [0.25, 0.3) is 0 Å². The first-order valence-electron chi connectivity index (χ1n) is 18.5. The molecule has 49 heavy (non-hydrogen) atoms. The van der Waals surface area contributed by atoms with Crippen LogP contribution in [0.15, 0.2) is 71.8 Å². The molecule has 2 unspecified atom stereocenters. The first kappa shape index (κ1) is 38.1. The number of allylic oxidation sites excluding steroid dienone is 2. The molecular formula is C46H54Cl2Zr. The van der Waals surface area contributed by atoms with Crippen molar-refractivity contribution < 1.29 is 45.1 Å². The molecule has 0 amide bonds. The van der Waals surface area contributed by atoms with Gasteiger partial charge in [0.15, 0.2) is 0 Å². The molecule has 2 atom stereocenters. The van der Waals surface area contributed by atoms with Crippen LogP contribution in [0.5, 0.6) is 0 Å². The third-order valence-electron chi connectivity index (χ3n) is 11.8. The Balaban J connectivity index is 0.00000234. The van der Waals surface area contributed by atoms with Crippen molar-refractivity contribution >= 4 is 12.2 Å². The Hall–Kier alpha value is -2.18. The van der Waals surface area contributed by atoms with Crippen LogP contribution in [0.1, 0.15) is 115 Å². The number of benzene rings is 4. The van der Waals surface area contributed by atoms with Gasteiger partial charge in [0, 0.05) is 0 Å². The SMILES string of the molecule is CCCCC1=Cc2c(-c3cccc(C)c3)c(C)cc(C)c2[CH]1[Zr+2]1([CH]2C(CCCC)=Cc3c(-c4cccc(C)c4)c(C)cc(C)c32)[CH2][CH2]1.[Cl-].[Cl-]. The van der Waals surface area contributed by atoms with E-state index in [4.69, 9.17) is 0 Å². The van der Waals surface area contributed by atoms with Crippen molar-refractivity contribution in [1.29, 1.82) is 0 Å². The van der Waals surface area contributed by atoms with Crippen LogP contribution in [0, 0.1) is 41.5 Å². The van der Waals surface area contributed by atoms with Gasteiger partial charge in [-0.15, -0.1) is 0 Å². The first-order valence-corrected chi connectivity index (χ1v) is 24.8. The van der Waals surface area contributed by atoms with Crippen LogP contribution in [0.4, 0.5) is 0 Å². The van der Waals surface area contributed by atoms with Crippen LogP contribution >= 0.6 is 0 Å². The Morgan fingerprint density at radius 2 is 0.959 bits per heavy atom. The summed E-state index contributed by atoms with van der Waals surface area (Å²) >= 11 is -2.87. The summed E-state index contributed by atoms with van der Waals surface area (Å²) in [4.78, 5) is 0. The van der Waals surface area contributed by atoms with Gasteiger partial charge in [-0.1, -0.05) is 0 Å². The molecule has 0 saturated carbocycles. The van der Waals surface area contributed by atoms with Crippen molar-refractivity contribution in [1.82, 2.24) is 0 Å². The predicted molar refractivity (Wildman–Crippen MR) is 202 cm³/mol. The summed E-state index contributed by atoms with van der Waals surface area (Å²) in [6.07, 6.45) is 13.1. The van der Waals surface area contributed by atoms with Crippen molar-refractivity contribution in [2.45, 2.75) is 109 Å². The van der Waals surface area contributed by atoms with E-state index in [0.717, 1.165) is 0 Å². The second-order valence-electron chi connectivity index (χ2n) is 15.4. The van der Waals surface area contributed by atoms with Gasteiger partial charge >= 0.3 is 292 Å². The van der Waals surface area contributed by atoms with Gasteiger partial charge in [-0.25, -0.2) is 0 Å². The summed E-state index contributed by atoms with van der Waals surface area (Å²) < 4.78 is 4.43. The van der Waals surface area contributed by atoms with E-state index in [2.05, 4.69) is 128 Å². The smallest absolute Gasteiger partial charge is 1.00 e. The number of fused-ring (bicyclic) bond motifs is 2. The molecule has 2 aliphatic carbocycles.